The van der Waals surface area contributed by atoms with Gasteiger partial charge in [-0.05, 0) is 30.3 Å². The summed E-state index contributed by atoms with van der Waals surface area (Å²) in [6.45, 7) is 2.91. The summed E-state index contributed by atoms with van der Waals surface area (Å²) in [5.74, 6) is 0.310. The van der Waals surface area contributed by atoms with Gasteiger partial charge in [-0.25, -0.2) is 9.18 Å². The highest BCUT2D eigenvalue weighted by Gasteiger charge is 2.33. The predicted molar refractivity (Wildman–Crippen MR) is 112 cm³/mol. The molecular weight excluding hydrogens is 387 g/mol. The van der Waals surface area contributed by atoms with Gasteiger partial charge in [0, 0.05) is 44.8 Å². The van der Waals surface area contributed by atoms with Crippen LogP contribution in [0.3, 0.4) is 0 Å². The van der Waals surface area contributed by atoms with Gasteiger partial charge >= 0.3 is 6.03 Å². The second-order valence-corrected chi connectivity index (χ2v) is 7.48. The van der Waals surface area contributed by atoms with E-state index in [0.29, 0.717) is 38.4 Å². The molecule has 2 aliphatic rings. The minimum Gasteiger partial charge on any atom is -0.495 e. The van der Waals surface area contributed by atoms with E-state index >= 15 is 0 Å². The van der Waals surface area contributed by atoms with E-state index in [9.17, 15) is 14.0 Å². The van der Waals surface area contributed by atoms with Gasteiger partial charge < -0.3 is 24.8 Å². The van der Waals surface area contributed by atoms with Crippen molar-refractivity contribution in [1.82, 2.24) is 10.2 Å². The highest BCUT2D eigenvalue weighted by molar-refractivity contribution is 5.96. The molecule has 2 saturated heterocycles. The van der Waals surface area contributed by atoms with Crippen molar-refractivity contribution >= 4 is 23.3 Å². The molecule has 0 spiro atoms. The molecule has 0 aliphatic carbocycles. The van der Waals surface area contributed by atoms with Crippen molar-refractivity contribution in [1.29, 1.82) is 0 Å². The molecule has 0 bridgehead atoms. The van der Waals surface area contributed by atoms with Crippen LogP contribution in [0.25, 0.3) is 0 Å². The van der Waals surface area contributed by atoms with Crippen molar-refractivity contribution in [3.8, 4) is 5.75 Å². The Kier molecular flexibility index (Phi) is 5.74. The van der Waals surface area contributed by atoms with Crippen LogP contribution in [0.1, 0.15) is 6.42 Å². The summed E-state index contributed by atoms with van der Waals surface area (Å²) in [5.41, 5.74) is 1.54. The molecular formula is C22H25FN4O3. The largest absolute Gasteiger partial charge is 0.495 e. The van der Waals surface area contributed by atoms with Crippen molar-refractivity contribution in [2.45, 2.75) is 12.5 Å². The lowest BCUT2D eigenvalue weighted by Crippen LogP contribution is -2.54. The Morgan fingerprint density at radius 1 is 1.10 bits per heavy atom. The smallest absolute Gasteiger partial charge is 0.317 e. The minimum atomic E-state index is -0.388. The van der Waals surface area contributed by atoms with Gasteiger partial charge in [0.15, 0.2) is 0 Å². The van der Waals surface area contributed by atoms with Crippen LogP contribution >= 0.6 is 0 Å². The second kappa shape index (κ2) is 8.61. The second-order valence-electron chi connectivity index (χ2n) is 7.48. The van der Waals surface area contributed by atoms with Crippen molar-refractivity contribution in [2.24, 2.45) is 0 Å². The first-order chi connectivity index (χ1) is 14.5. The van der Waals surface area contributed by atoms with E-state index in [-0.39, 0.29) is 30.2 Å². The summed E-state index contributed by atoms with van der Waals surface area (Å²) in [6.07, 6.45) is 0.212. The average Bonchev–Trinajstić information content (AvgIpc) is 3.13. The van der Waals surface area contributed by atoms with Crippen LogP contribution in [0.15, 0.2) is 48.5 Å². The highest BCUT2D eigenvalue weighted by atomic mass is 19.1. The number of hydrogen-bond acceptors (Lipinski definition) is 4. The molecule has 0 saturated carbocycles. The Labute approximate surface area is 175 Å². The topological polar surface area (TPSA) is 65.1 Å². The number of carbonyl (C=O) groups is 2. The average molecular weight is 412 g/mol. The van der Waals surface area contributed by atoms with Gasteiger partial charge in [-0.15, -0.1) is 0 Å². The van der Waals surface area contributed by atoms with Crippen molar-refractivity contribution in [3.63, 3.8) is 0 Å². The lowest BCUT2D eigenvalue weighted by molar-refractivity contribution is -0.117. The molecule has 0 aromatic heterocycles. The number of piperazine rings is 1. The fraction of sp³-hybridized carbons (Fsp3) is 0.364. The maximum absolute atomic E-state index is 13.5. The van der Waals surface area contributed by atoms with Crippen LogP contribution < -0.4 is 19.9 Å². The maximum atomic E-state index is 13.5. The molecule has 8 heteroatoms. The summed E-state index contributed by atoms with van der Waals surface area (Å²) in [5, 5.41) is 2.96. The number of para-hydroxylation sites is 2. The third-order valence-electron chi connectivity index (χ3n) is 5.57. The zero-order chi connectivity index (χ0) is 21.1. The van der Waals surface area contributed by atoms with Gasteiger partial charge in [-0.2, -0.15) is 0 Å². The Hall–Kier alpha value is -3.29. The number of nitrogens with one attached hydrogen (secondary N) is 1. The number of benzene rings is 2. The van der Waals surface area contributed by atoms with Crippen molar-refractivity contribution < 1.29 is 18.7 Å². The summed E-state index contributed by atoms with van der Waals surface area (Å²) < 4.78 is 18.9. The molecule has 158 valence electrons. The first-order valence-electron chi connectivity index (χ1n) is 10.0. The Balaban J connectivity index is 1.32. The molecule has 2 fully saturated rings. The summed E-state index contributed by atoms with van der Waals surface area (Å²) >= 11 is 0. The Bertz CT molecular complexity index is 930. The van der Waals surface area contributed by atoms with Gasteiger partial charge in [0.1, 0.15) is 11.6 Å². The molecule has 2 aromatic rings. The SMILES string of the molecule is COc1ccccc1N1CCN(C(=O)NC2CC(=O)N(c3cccc(F)c3)C2)CC1. The molecule has 2 aromatic carbocycles. The molecule has 2 heterocycles. The van der Waals surface area contributed by atoms with E-state index in [1.165, 1.54) is 17.0 Å². The number of anilines is 2. The molecule has 2 aliphatic heterocycles. The van der Waals surface area contributed by atoms with Crippen LogP contribution in [0, 0.1) is 5.82 Å². The third-order valence-corrected chi connectivity index (χ3v) is 5.57. The molecule has 1 atom stereocenters. The van der Waals surface area contributed by atoms with Gasteiger partial charge in [0.05, 0.1) is 18.8 Å². The van der Waals surface area contributed by atoms with E-state index in [1.54, 1.807) is 24.1 Å². The van der Waals surface area contributed by atoms with E-state index in [2.05, 4.69) is 10.2 Å². The first-order valence-corrected chi connectivity index (χ1v) is 10.0. The normalized spacial score (nSPS) is 19.2. The number of carbonyl (C=O) groups excluding carboxylic acids is 2. The maximum Gasteiger partial charge on any atom is 0.317 e. The van der Waals surface area contributed by atoms with Crippen molar-refractivity contribution in [2.75, 3.05) is 49.6 Å². The number of hydrogen-bond donors (Lipinski definition) is 1. The molecule has 1 N–H and O–H groups in total. The number of ether oxygens (including phenoxy) is 1. The molecule has 30 heavy (non-hydrogen) atoms. The van der Waals surface area contributed by atoms with Gasteiger partial charge in [0.25, 0.3) is 0 Å². The lowest BCUT2D eigenvalue weighted by Gasteiger charge is -2.37. The van der Waals surface area contributed by atoms with Gasteiger partial charge in [0.2, 0.25) is 5.91 Å². The number of urea groups is 1. The van der Waals surface area contributed by atoms with Crippen LogP contribution in [-0.2, 0) is 4.79 Å². The Morgan fingerprint density at radius 2 is 1.87 bits per heavy atom. The van der Waals surface area contributed by atoms with Crippen LogP contribution in [-0.4, -0.2) is 62.7 Å². The van der Waals surface area contributed by atoms with E-state index in [1.807, 2.05) is 24.3 Å². The highest BCUT2D eigenvalue weighted by Crippen LogP contribution is 2.28. The fourth-order valence-electron chi connectivity index (χ4n) is 4.01. The van der Waals surface area contributed by atoms with Gasteiger partial charge in [-0.1, -0.05) is 18.2 Å². The fourth-order valence-corrected chi connectivity index (χ4v) is 4.01. The summed E-state index contributed by atoms with van der Waals surface area (Å²) in [4.78, 5) is 30.5. The van der Waals surface area contributed by atoms with E-state index in [0.717, 1.165) is 11.4 Å². The molecule has 1 unspecified atom stereocenters. The molecule has 4 rings (SSSR count). The predicted octanol–water partition coefficient (Wildman–Crippen LogP) is 2.47. The third kappa shape index (κ3) is 4.17. The number of amides is 3. The molecule has 3 amide bonds. The Morgan fingerprint density at radius 3 is 2.60 bits per heavy atom. The quantitative estimate of drug-likeness (QED) is 0.838. The zero-order valence-corrected chi connectivity index (χ0v) is 16.9. The summed E-state index contributed by atoms with van der Waals surface area (Å²) in [6, 6.07) is 13.3. The summed E-state index contributed by atoms with van der Waals surface area (Å²) in [7, 11) is 1.65. The first kappa shape index (κ1) is 20.0. The van der Waals surface area contributed by atoms with E-state index in [4.69, 9.17) is 4.74 Å². The number of nitrogens with zero attached hydrogens (tertiary/aromatic N) is 3. The number of rotatable bonds is 4. The van der Waals surface area contributed by atoms with Crippen LogP contribution in [0.4, 0.5) is 20.6 Å². The minimum absolute atomic E-state index is 0.119. The van der Waals surface area contributed by atoms with Crippen molar-refractivity contribution in [3.05, 3.63) is 54.3 Å². The zero-order valence-electron chi connectivity index (χ0n) is 16.9. The monoisotopic (exact) mass is 412 g/mol. The van der Waals surface area contributed by atoms with E-state index < -0.39 is 0 Å². The van der Waals surface area contributed by atoms with Crippen LogP contribution in [0.5, 0.6) is 5.75 Å². The molecule has 7 nitrogen and oxygen atoms in total. The number of methoxy groups -OCH3 is 1. The van der Waals surface area contributed by atoms with Crippen LogP contribution in [0.2, 0.25) is 0 Å². The molecule has 0 radical (unpaired) electrons. The standard InChI is InChI=1S/C22H25FN4O3/c1-30-20-8-3-2-7-19(20)25-9-11-26(12-10-25)22(29)24-17-14-21(28)27(15-17)18-6-4-5-16(23)13-18/h2-8,13,17H,9-12,14-15H2,1H3,(H,24,29). The number of halogens is 1. The lowest BCUT2D eigenvalue weighted by atomic mass is 10.2. The van der Waals surface area contributed by atoms with Gasteiger partial charge in [-0.3, -0.25) is 4.79 Å².